The summed E-state index contributed by atoms with van der Waals surface area (Å²) < 4.78 is 5.88. The summed E-state index contributed by atoms with van der Waals surface area (Å²) >= 11 is 0. The van der Waals surface area contributed by atoms with Crippen LogP contribution in [0.3, 0.4) is 0 Å². The van der Waals surface area contributed by atoms with Crippen LogP contribution in [0.1, 0.15) is 6.92 Å². The molecule has 7 heteroatoms. The predicted octanol–water partition coefficient (Wildman–Crippen LogP) is 3.48. The van der Waals surface area contributed by atoms with E-state index in [9.17, 15) is 15.0 Å². The van der Waals surface area contributed by atoms with Crippen molar-refractivity contribution in [3.05, 3.63) is 60.8 Å². The minimum atomic E-state index is -0.775. The van der Waals surface area contributed by atoms with Crippen LogP contribution in [0.2, 0.25) is 0 Å². The van der Waals surface area contributed by atoms with Gasteiger partial charge in [-0.2, -0.15) is 0 Å². The van der Waals surface area contributed by atoms with Crippen LogP contribution in [0.25, 0.3) is 10.9 Å². The van der Waals surface area contributed by atoms with E-state index in [2.05, 4.69) is 10.3 Å². The Morgan fingerprint density at radius 2 is 1.83 bits per heavy atom. The highest BCUT2D eigenvalue weighted by Crippen LogP contribution is 2.29. The summed E-state index contributed by atoms with van der Waals surface area (Å²) in [7, 11) is 1.62. The number of aliphatic hydroxyl groups is 2. The van der Waals surface area contributed by atoms with Gasteiger partial charge in [0.15, 0.2) is 0 Å². The molecule has 3 rings (SSSR count). The van der Waals surface area contributed by atoms with E-state index in [0.717, 1.165) is 10.9 Å². The molecule has 2 aromatic carbocycles. The summed E-state index contributed by atoms with van der Waals surface area (Å²) in [4.78, 5) is 18.4. The summed E-state index contributed by atoms with van der Waals surface area (Å²) in [5.41, 5.74) is 0.546. The Labute approximate surface area is 169 Å². The molecule has 2 amide bonds. The van der Waals surface area contributed by atoms with Gasteiger partial charge in [0.05, 0.1) is 24.4 Å². The number of pyridine rings is 1. The van der Waals surface area contributed by atoms with Crippen molar-refractivity contribution >= 4 is 22.6 Å². The molecule has 1 heterocycles. The van der Waals surface area contributed by atoms with Crippen LogP contribution < -0.4 is 10.1 Å². The first kappa shape index (κ1) is 20.6. The number of para-hydroxylation sites is 1. The van der Waals surface area contributed by atoms with Gasteiger partial charge in [0.25, 0.3) is 0 Å². The van der Waals surface area contributed by atoms with Gasteiger partial charge in [0.2, 0.25) is 0 Å². The lowest BCUT2D eigenvalue weighted by molar-refractivity contribution is 0.0509. The number of amides is 2. The molecule has 0 atom stereocenters. The summed E-state index contributed by atoms with van der Waals surface area (Å²) in [5.74, 6) is 1.35. The van der Waals surface area contributed by atoms with Gasteiger partial charge in [-0.05, 0) is 36.4 Å². The van der Waals surface area contributed by atoms with Gasteiger partial charge in [-0.3, -0.25) is 4.98 Å². The third-order valence-corrected chi connectivity index (χ3v) is 4.66. The number of nitrogens with zero attached hydrogens (tertiary/aromatic N) is 2. The first-order valence-electron chi connectivity index (χ1n) is 9.30. The number of carbonyl (C=O) groups excluding carboxylic acids is 1. The minimum absolute atomic E-state index is 0.206. The highest BCUT2D eigenvalue weighted by Gasteiger charge is 2.26. The molecule has 0 unspecified atom stereocenters. The molecule has 3 N–H and O–H groups in total. The summed E-state index contributed by atoms with van der Waals surface area (Å²) in [5, 5.41) is 22.5. The number of hydrogen-bond donors (Lipinski definition) is 3. The Bertz CT molecular complexity index is 974. The Hall–Kier alpha value is -3.16. The third-order valence-electron chi connectivity index (χ3n) is 4.66. The number of carbonyl (C=O) groups is 1. The van der Waals surface area contributed by atoms with Gasteiger partial charge in [0, 0.05) is 30.6 Å². The molecule has 0 fully saturated rings. The van der Waals surface area contributed by atoms with Crippen LogP contribution in [0.15, 0.2) is 60.8 Å². The average molecular weight is 395 g/mol. The van der Waals surface area contributed by atoms with E-state index in [4.69, 9.17) is 4.74 Å². The molecular weight excluding hydrogens is 370 g/mol. The maximum atomic E-state index is 12.6. The lowest BCUT2D eigenvalue weighted by Gasteiger charge is -2.30. The van der Waals surface area contributed by atoms with Crippen LogP contribution in [-0.2, 0) is 0 Å². The second-order valence-corrected chi connectivity index (χ2v) is 7.37. The largest absolute Gasteiger partial charge is 0.457 e. The van der Waals surface area contributed by atoms with E-state index in [1.165, 1.54) is 4.90 Å². The highest BCUT2D eigenvalue weighted by molar-refractivity contribution is 6.00. The van der Waals surface area contributed by atoms with Gasteiger partial charge in [-0.1, -0.05) is 25.1 Å². The molecule has 0 radical (unpaired) electrons. The van der Waals surface area contributed by atoms with Gasteiger partial charge < -0.3 is 25.2 Å². The first-order chi connectivity index (χ1) is 13.9. The standard InChI is InChI=1S/C22H25N3O4/c1-22(14-26,15-27)13-25(2)21(28)24-20-10-11-23-19-9-8-17(12-18(19)20)29-16-6-4-3-5-7-16/h3-12,26-27H,13-15H2,1-2H3,(H,23,24,28). The Kier molecular flexibility index (Phi) is 6.31. The SMILES string of the molecule is CN(CC(C)(CO)CO)C(=O)Nc1ccnc2ccc(Oc3ccccc3)cc12. The van der Waals surface area contributed by atoms with E-state index in [1.807, 2.05) is 48.5 Å². The fraction of sp³-hybridized carbons (Fsp3) is 0.273. The Morgan fingerprint density at radius 3 is 2.52 bits per heavy atom. The fourth-order valence-electron chi connectivity index (χ4n) is 2.93. The minimum Gasteiger partial charge on any atom is -0.457 e. The second-order valence-electron chi connectivity index (χ2n) is 7.37. The zero-order valence-corrected chi connectivity index (χ0v) is 16.5. The lowest BCUT2D eigenvalue weighted by Crippen LogP contribution is -2.43. The van der Waals surface area contributed by atoms with Crippen molar-refractivity contribution < 1.29 is 19.7 Å². The molecule has 0 saturated heterocycles. The normalized spacial score (nSPS) is 11.3. The third kappa shape index (κ3) is 5.01. The molecule has 1 aromatic heterocycles. The topological polar surface area (TPSA) is 94.9 Å². The average Bonchev–Trinajstić information content (AvgIpc) is 2.74. The molecule has 0 aliphatic rings. The number of aromatic nitrogens is 1. The molecule has 0 aliphatic carbocycles. The van der Waals surface area contributed by atoms with Gasteiger partial charge >= 0.3 is 6.03 Å². The Morgan fingerprint density at radius 1 is 1.10 bits per heavy atom. The molecular formula is C22H25N3O4. The number of nitrogens with one attached hydrogen (secondary N) is 1. The van der Waals surface area contributed by atoms with Crippen molar-refractivity contribution in [3.63, 3.8) is 0 Å². The van der Waals surface area contributed by atoms with E-state index in [0.29, 0.717) is 17.2 Å². The molecule has 0 aliphatic heterocycles. The van der Waals surface area contributed by atoms with Gasteiger partial charge in [0.1, 0.15) is 11.5 Å². The van der Waals surface area contributed by atoms with Crippen LogP contribution in [0.4, 0.5) is 10.5 Å². The van der Waals surface area contributed by atoms with Crippen LogP contribution >= 0.6 is 0 Å². The summed E-state index contributed by atoms with van der Waals surface area (Å²) in [6, 6.07) is 16.3. The van der Waals surface area contributed by atoms with Crippen molar-refractivity contribution in [1.29, 1.82) is 0 Å². The smallest absolute Gasteiger partial charge is 0.321 e. The number of anilines is 1. The first-order valence-corrected chi connectivity index (χ1v) is 9.30. The van der Waals surface area contributed by atoms with Crippen LogP contribution in [0, 0.1) is 5.41 Å². The number of urea groups is 1. The number of ether oxygens (including phenoxy) is 1. The molecule has 0 saturated carbocycles. The van der Waals surface area contributed by atoms with Crippen molar-refractivity contribution in [3.8, 4) is 11.5 Å². The van der Waals surface area contributed by atoms with Crippen LogP contribution in [0.5, 0.6) is 11.5 Å². The van der Waals surface area contributed by atoms with Crippen molar-refractivity contribution in [2.24, 2.45) is 5.41 Å². The molecule has 29 heavy (non-hydrogen) atoms. The quantitative estimate of drug-likeness (QED) is 0.569. The maximum absolute atomic E-state index is 12.6. The Balaban J connectivity index is 1.81. The number of aliphatic hydroxyl groups excluding tert-OH is 2. The second kappa shape index (κ2) is 8.89. The van der Waals surface area contributed by atoms with E-state index in [1.54, 1.807) is 26.2 Å². The molecule has 3 aromatic rings. The monoisotopic (exact) mass is 395 g/mol. The molecule has 0 bridgehead atoms. The molecule has 152 valence electrons. The van der Waals surface area contributed by atoms with Crippen molar-refractivity contribution in [2.75, 3.05) is 32.1 Å². The number of hydrogen-bond acceptors (Lipinski definition) is 5. The van der Waals surface area contributed by atoms with Crippen molar-refractivity contribution in [2.45, 2.75) is 6.92 Å². The lowest BCUT2D eigenvalue weighted by atomic mass is 9.92. The molecule has 7 nitrogen and oxygen atoms in total. The summed E-state index contributed by atoms with van der Waals surface area (Å²) in [6.07, 6.45) is 1.63. The van der Waals surface area contributed by atoms with E-state index >= 15 is 0 Å². The number of benzene rings is 2. The zero-order valence-electron chi connectivity index (χ0n) is 16.5. The number of fused-ring (bicyclic) bond motifs is 1. The fourth-order valence-corrected chi connectivity index (χ4v) is 2.93. The van der Waals surface area contributed by atoms with Crippen molar-refractivity contribution in [1.82, 2.24) is 9.88 Å². The van der Waals surface area contributed by atoms with E-state index in [-0.39, 0.29) is 25.8 Å². The van der Waals surface area contributed by atoms with Gasteiger partial charge in [-0.25, -0.2) is 4.79 Å². The summed E-state index contributed by atoms with van der Waals surface area (Å²) in [6.45, 7) is 1.47. The van der Waals surface area contributed by atoms with Gasteiger partial charge in [-0.15, -0.1) is 0 Å². The predicted molar refractivity (Wildman–Crippen MR) is 112 cm³/mol. The maximum Gasteiger partial charge on any atom is 0.321 e. The number of rotatable bonds is 7. The van der Waals surface area contributed by atoms with Crippen LogP contribution in [-0.4, -0.2) is 52.9 Å². The molecule has 0 spiro atoms. The zero-order chi connectivity index (χ0) is 20.9. The van der Waals surface area contributed by atoms with E-state index < -0.39 is 5.41 Å². The highest BCUT2D eigenvalue weighted by atomic mass is 16.5.